The number of hydrogen-bond acceptors (Lipinski definition) is 3. The fourth-order valence-electron chi connectivity index (χ4n) is 4.71. The minimum absolute atomic E-state index is 0.0323. The lowest BCUT2D eigenvalue weighted by Gasteiger charge is -2.32. The zero-order chi connectivity index (χ0) is 21.1. The van der Waals surface area contributed by atoms with Gasteiger partial charge in [0.1, 0.15) is 0 Å². The molecule has 0 spiro atoms. The Kier molecular flexibility index (Phi) is 6.33. The van der Waals surface area contributed by atoms with Gasteiger partial charge in [0.2, 0.25) is 0 Å². The van der Waals surface area contributed by atoms with Crippen LogP contribution < -0.4 is 0 Å². The highest BCUT2D eigenvalue weighted by Crippen LogP contribution is 2.33. The number of hydrogen-bond donors (Lipinski definition) is 0. The second kappa shape index (κ2) is 9.13. The lowest BCUT2D eigenvalue weighted by molar-refractivity contribution is -0.134. The Hall–Kier alpha value is -2.46. The van der Waals surface area contributed by atoms with Crippen molar-refractivity contribution in [1.29, 1.82) is 0 Å². The Morgan fingerprint density at radius 2 is 1.77 bits per heavy atom. The number of likely N-dealkylation sites (N-methyl/N-ethyl adjacent to an activating group) is 1. The van der Waals surface area contributed by atoms with E-state index in [2.05, 4.69) is 56.1 Å². The van der Waals surface area contributed by atoms with Crippen LogP contribution in [0.4, 0.5) is 0 Å². The number of aryl methyl sites for hydroxylation is 2. The van der Waals surface area contributed by atoms with Gasteiger partial charge < -0.3 is 0 Å². The van der Waals surface area contributed by atoms with E-state index in [1.165, 1.54) is 43.2 Å². The largest absolute Gasteiger partial charge is 0.295 e. The van der Waals surface area contributed by atoms with Gasteiger partial charge in [0.05, 0.1) is 18.3 Å². The topological polar surface area (TPSA) is 35.9 Å². The highest BCUT2D eigenvalue weighted by atomic mass is 16.2. The third kappa shape index (κ3) is 4.49. The minimum Gasteiger partial charge on any atom is -0.295 e. The molecule has 2 aliphatic rings. The van der Waals surface area contributed by atoms with Gasteiger partial charge in [-0.1, -0.05) is 61.7 Å². The average Bonchev–Trinajstić information content (AvgIpc) is 3.22. The Balaban J connectivity index is 1.58. The first-order valence-corrected chi connectivity index (χ1v) is 11.3. The molecule has 1 amide bonds. The minimum atomic E-state index is -0.0323. The zero-order valence-corrected chi connectivity index (χ0v) is 18.5. The number of rotatable bonds is 5. The van der Waals surface area contributed by atoms with Crippen molar-refractivity contribution in [2.24, 2.45) is 5.10 Å². The number of benzene rings is 2. The highest BCUT2D eigenvalue weighted by molar-refractivity contribution is 6.03. The summed E-state index contributed by atoms with van der Waals surface area (Å²) in [6.45, 7) is 4.68. The van der Waals surface area contributed by atoms with Gasteiger partial charge in [-0.15, -0.1) is 0 Å². The van der Waals surface area contributed by atoms with Crippen molar-refractivity contribution < 1.29 is 4.79 Å². The normalized spacial score (nSPS) is 19.9. The van der Waals surface area contributed by atoms with Crippen LogP contribution in [0, 0.1) is 13.8 Å². The molecule has 1 unspecified atom stereocenters. The van der Waals surface area contributed by atoms with Crippen molar-refractivity contribution in [2.45, 2.75) is 64.5 Å². The van der Waals surface area contributed by atoms with Gasteiger partial charge in [-0.2, -0.15) is 5.10 Å². The van der Waals surface area contributed by atoms with Crippen molar-refractivity contribution in [3.8, 4) is 0 Å². The first kappa shape index (κ1) is 20.8. The molecule has 1 aliphatic carbocycles. The molecule has 0 bridgehead atoms. The Morgan fingerprint density at radius 3 is 2.47 bits per heavy atom. The van der Waals surface area contributed by atoms with E-state index in [1.807, 2.05) is 18.2 Å². The lowest BCUT2D eigenvalue weighted by atomic mass is 9.94. The molecule has 1 aliphatic heterocycles. The van der Waals surface area contributed by atoms with Gasteiger partial charge in [0, 0.05) is 12.5 Å². The second-order valence-corrected chi connectivity index (χ2v) is 8.92. The predicted octanol–water partition coefficient (Wildman–Crippen LogP) is 5.25. The van der Waals surface area contributed by atoms with E-state index < -0.39 is 0 Å². The van der Waals surface area contributed by atoms with E-state index >= 15 is 0 Å². The molecule has 2 aromatic rings. The van der Waals surface area contributed by atoms with Crippen LogP contribution in [0.2, 0.25) is 0 Å². The highest BCUT2D eigenvalue weighted by Gasteiger charge is 2.34. The van der Waals surface area contributed by atoms with Crippen LogP contribution in [-0.4, -0.2) is 41.2 Å². The first-order valence-electron chi connectivity index (χ1n) is 11.3. The third-order valence-corrected chi connectivity index (χ3v) is 6.77. The average molecular weight is 404 g/mol. The maximum Gasteiger partial charge on any atom is 0.257 e. The van der Waals surface area contributed by atoms with Crippen LogP contribution in [0.15, 0.2) is 53.6 Å². The summed E-state index contributed by atoms with van der Waals surface area (Å²) >= 11 is 0. The first-order chi connectivity index (χ1) is 14.5. The monoisotopic (exact) mass is 403 g/mol. The Labute approximate surface area is 180 Å². The maximum absolute atomic E-state index is 13.4. The van der Waals surface area contributed by atoms with Crippen LogP contribution in [0.1, 0.15) is 66.8 Å². The molecular weight excluding hydrogens is 370 g/mol. The van der Waals surface area contributed by atoms with Gasteiger partial charge in [-0.25, -0.2) is 5.01 Å². The van der Waals surface area contributed by atoms with Crippen molar-refractivity contribution in [3.63, 3.8) is 0 Å². The van der Waals surface area contributed by atoms with Gasteiger partial charge in [-0.05, 0) is 62.1 Å². The molecule has 1 fully saturated rings. The van der Waals surface area contributed by atoms with Crippen molar-refractivity contribution in [3.05, 3.63) is 70.8 Å². The lowest BCUT2D eigenvalue weighted by Crippen LogP contribution is -2.41. The fraction of sp³-hybridized carbons (Fsp3) is 0.462. The van der Waals surface area contributed by atoms with Crippen LogP contribution >= 0.6 is 0 Å². The molecular formula is C26H33N3O. The van der Waals surface area contributed by atoms with Crippen molar-refractivity contribution >= 4 is 11.6 Å². The summed E-state index contributed by atoms with van der Waals surface area (Å²) in [6, 6.07) is 17.3. The summed E-state index contributed by atoms with van der Waals surface area (Å²) in [6.07, 6.45) is 7.02. The Bertz CT molecular complexity index is 915. The van der Waals surface area contributed by atoms with Crippen molar-refractivity contribution in [2.75, 3.05) is 13.6 Å². The smallest absolute Gasteiger partial charge is 0.257 e. The quantitative estimate of drug-likeness (QED) is 0.684. The van der Waals surface area contributed by atoms with Crippen LogP contribution in [0.3, 0.4) is 0 Å². The maximum atomic E-state index is 13.4. The molecule has 1 saturated carbocycles. The summed E-state index contributed by atoms with van der Waals surface area (Å²) in [7, 11) is 2.09. The number of amides is 1. The molecule has 2 aromatic carbocycles. The molecule has 0 N–H and O–H groups in total. The molecule has 4 nitrogen and oxygen atoms in total. The molecule has 30 heavy (non-hydrogen) atoms. The molecule has 4 heteroatoms. The summed E-state index contributed by atoms with van der Waals surface area (Å²) in [4.78, 5) is 15.6. The van der Waals surface area contributed by atoms with E-state index in [0.717, 1.165) is 23.3 Å². The summed E-state index contributed by atoms with van der Waals surface area (Å²) in [5.41, 5.74) is 5.80. The van der Waals surface area contributed by atoms with Gasteiger partial charge in [0.15, 0.2) is 0 Å². The fourth-order valence-corrected chi connectivity index (χ4v) is 4.71. The van der Waals surface area contributed by atoms with E-state index in [4.69, 9.17) is 5.10 Å². The van der Waals surface area contributed by atoms with E-state index in [1.54, 1.807) is 5.01 Å². The Morgan fingerprint density at radius 1 is 1.03 bits per heavy atom. The van der Waals surface area contributed by atoms with Crippen LogP contribution in [0.5, 0.6) is 0 Å². The predicted molar refractivity (Wildman–Crippen MR) is 123 cm³/mol. The van der Waals surface area contributed by atoms with E-state index in [-0.39, 0.29) is 11.9 Å². The molecule has 0 radical (unpaired) electrons. The third-order valence-electron chi connectivity index (χ3n) is 6.77. The van der Waals surface area contributed by atoms with Gasteiger partial charge >= 0.3 is 0 Å². The van der Waals surface area contributed by atoms with Gasteiger partial charge in [-0.3, -0.25) is 9.69 Å². The number of carbonyl (C=O) groups excluding carboxylic acids is 1. The number of carbonyl (C=O) groups is 1. The molecule has 158 valence electrons. The molecule has 1 heterocycles. The van der Waals surface area contributed by atoms with Crippen LogP contribution in [-0.2, 0) is 4.79 Å². The standard InChI is InChI=1S/C26H33N3O/c1-19-14-15-22(16-20(19)2)24-17-25(21-10-6-4-7-11-21)29(27-24)26(30)18-28(3)23-12-8-5-9-13-23/h4,6-7,10-11,14-16,23,25H,5,8-9,12-13,17-18H2,1-3H3. The summed E-state index contributed by atoms with van der Waals surface area (Å²) < 4.78 is 0. The number of hydrazone groups is 1. The van der Waals surface area contributed by atoms with Crippen LogP contribution in [0.25, 0.3) is 0 Å². The summed E-state index contributed by atoms with van der Waals surface area (Å²) in [5, 5.41) is 6.61. The molecule has 1 atom stereocenters. The second-order valence-electron chi connectivity index (χ2n) is 8.92. The van der Waals surface area contributed by atoms with Crippen molar-refractivity contribution in [1.82, 2.24) is 9.91 Å². The van der Waals surface area contributed by atoms with Gasteiger partial charge in [0.25, 0.3) is 5.91 Å². The molecule has 0 aromatic heterocycles. The summed E-state index contributed by atoms with van der Waals surface area (Å²) in [5.74, 6) is 0.0933. The number of nitrogens with zero attached hydrogens (tertiary/aromatic N) is 3. The molecule has 4 rings (SSSR count). The zero-order valence-electron chi connectivity index (χ0n) is 18.5. The molecule has 0 saturated heterocycles. The van der Waals surface area contributed by atoms with E-state index in [0.29, 0.717) is 12.6 Å². The van der Waals surface area contributed by atoms with E-state index in [9.17, 15) is 4.79 Å². The SMILES string of the molecule is Cc1ccc(C2=NN(C(=O)CN(C)C3CCCCC3)C(c3ccccc3)C2)cc1C.